The third-order valence-electron chi connectivity index (χ3n) is 1.75. The van der Waals surface area contributed by atoms with Crippen LogP contribution in [0.1, 0.15) is 0 Å². The van der Waals surface area contributed by atoms with E-state index in [2.05, 4.69) is 35.2 Å². The van der Waals surface area contributed by atoms with Crippen molar-refractivity contribution >= 4 is 62.3 Å². The lowest BCUT2D eigenvalue weighted by Crippen LogP contribution is -1.87. The number of non-ortho nitro benzene ring substituents is 1. The Balaban J connectivity index is 2.85. The highest BCUT2D eigenvalue weighted by molar-refractivity contribution is 14.1. The van der Waals surface area contributed by atoms with Crippen molar-refractivity contribution in [2.45, 2.75) is 4.90 Å². The Labute approximate surface area is 103 Å². The highest BCUT2D eigenvalue weighted by atomic mass is 127. The van der Waals surface area contributed by atoms with E-state index in [-0.39, 0.29) is 10.6 Å². The quantitative estimate of drug-likeness (QED) is 0.373. The van der Waals surface area contributed by atoms with Gasteiger partial charge in [0.2, 0.25) is 0 Å². The minimum atomic E-state index is -0.366. The van der Waals surface area contributed by atoms with Crippen molar-refractivity contribution in [2.75, 3.05) is 0 Å². The fourth-order valence-electron chi connectivity index (χ4n) is 1.22. The molecule has 72 valence electrons. The van der Waals surface area contributed by atoms with Gasteiger partial charge in [-0.05, 0) is 34.7 Å². The van der Waals surface area contributed by atoms with Crippen LogP contribution in [0.2, 0.25) is 0 Å². The summed E-state index contributed by atoms with van der Waals surface area (Å²) in [4.78, 5) is 11.0. The molecule has 0 saturated heterocycles. The zero-order chi connectivity index (χ0) is 10.3. The molecule has 0 saturated carbocycles. The van der Waals surface area contributed by atoms with Crippen molar-refractivity contribution in [2.24, 2.45) is 0 Å². The summed E-state index contributed by atoms with van der Waals surface area (Å²) in [6.07, 6.45) is 0. The molecule has 0 radical (unpaired) electrons. The van der Waals surface area contributed by atoms with Crippen LogP contribution in [0.4, 0.5) is 5.69 Å². The fourth-order valence-corrected chi connectivity index (χ4v) is 3.34. The summed E-state index contributed by atoms with van der Waals surface area (Å²) in [5.74, 6) is 0. The summed E-state index contributed by atoms with van der Waals surface area (Å²) in [6.45, 7) is 0. The Hall–Kier alpha value is -0.340. The smallest absolute Gasteiger partial charge is 0.258 e. The first-order valence-corrected chi connectivity index (χ1v) is 5.98. The largest absolute Gasteiger partial charge is 0.288 e. The van der Waals surface area contributed by atoms with E-state index in [0.29, 0.717) is 4.90 Å². The van der Waals surface area contributed by atoms with E-state index in [1.807, 2.05) is 12.1 Å². The molecule has 1 aromatic heterocycles. The van der Waals surface area contributed by atoms with E-state index in [0.717, 1.165) is 13.0 Å². The lowest BCUT2D eigenvalue weighted by Gasteiger charge is -1.95. The second-order valence-corrected chi connectivity index (χ2v) is 6.15. The fraction of sp³-hybridized carbons (Fsp3) is 0. The molecule has 0 bridgehead atoms. The van der Waals surface area contributed by atoms with Crippen LogP contribution in [0, 0.1) is 13.0 Å². The van der Waals surface area contributed by atoms with Crippen LogP contribution < -0.4 is 0 Å². The SMILES string of the molecule is O=[N+]([O-])c1cc(S)cc2cc(I)sc12. The first-order chi connectivity index (χ1) is 6.58. The second-order valence-electron chi connectivity index (χ2n) is 2.69. The summed E-state index contributed by atoms with van der Waals surface area (Å²) in [5, 5.41) is 11.6. The van der Waals surface area contributed by atoms with Crippen LogP contribution in [0.25, 0.3) is 10.1 Å². The van der Waals surface area contributed by atoms with Crippen molar-refractivity contribution in [3.8, 4) is 0 Å². The monoisotopic (exact) mass is 337 g/mol. The Kier molecular flexibility index (Phi) is 2.67. The van der Waals surface area contributed by atoms with E-state index < -0.39 is 0 Å². The molecular weight excluding hydrogens is 333 g/mol. The molecular formula is C8H4INO2S2. The molecule has 14 heavy (non-hydrogen) atoms. The maximum atomic E-state index is 10.8. The van der Waals surface area contributed by atoms with Crippen molar-refractivity contribution in [1.29, 1.82) is 0 Å². The number of hydrogen-bond acceptors (Lipinski definition) is 4. The normalized spacial score (nSPS) is 10.7. The van der Waals surface area contributed by atoms with Crippen molar-refractivity contribution in [1.82, 2.24) is 0 Å². The Morgan fingerprint density at radius 2 is 2.14 bits per heavy atom. The summed E-state index contributed by atoms with van der Waals surface area (Å²) in [6, 6.07) is 5.25. The van der Waals surface area contributed by atoms with Gasteiger partial charge in [-0.1, -0.05) is 0 Å². The summed E-state index contributed by atoms with van der Waals surface area (Å²) >= 11 is 7.71. The van der Waals surface area contributed by atoms with Gasteiger partial charge in [-0.15, -0.1) is 24.0 Å². The predicted molar refractivity (Wildman–Crippen MR) is 68.4 cm³/mol. The molecule has 6 heteroatoms. The Morgan fingerprint density at radius 3 is 2.79 bits per heavy atom. The molecule has 2 aromatic rings. The summed E-state index contributed by atoms with van der Waals surface area (Å²) in [7, 11) is 0. The topological polar surface area (TPSA) is 43.1 Å². The molecule has 2 rings (SSSR count). The molecule has 0 amide bonds. The van der Waals surface area contributed by atoms with Crippen LogP contribution >= 0.6 is 46.6 Å². The van der Waals surface area contributed by atoms with Crippen molar-refractivity contribution < 1.29 is 4.92 Å². The van der Waals surface area contributed by atoms with Crippen molar-refractivity contribution in [3.05, 3.63) is 31.2 Å². The maximum Gasteiger partial charge on any atom is 0.288 e. The van der Waals surface area contributed by atoms with Gasteiger partial charge in [-0.25, -0.2) is 0 Å². The van der Waals surface area contributed by atoms with E-state index in [1.165, 1.54) is 17.4 Å². The second kappa shape index (κ2) is 3.67. The number of thiophene rings is 1. The number of fused-ring (bicyclic) bond motifs is 1. The van der Waals surface area contributed by atoms with Gasteiger partial charge in [0.1, 0.15) is 4.70 Å². The van der Waals surface area contributed by atoms with Gasteiger partial charge in [0, 0.05) is 16.3 Å². The predicted octanol–water partition coefficient (Wildman–Crippen LogP) is 3.70. The van der Waals surface area contributed by atoms with Gasteiger partial charge in [-0.3, -0.25) is 10.1 Å². The maximum absolute atomic E-state index is 10.8. The highest BCUT2D eigenvalue weighted by Gasteiger charge is 2.15. The first kappa shape index (κ1) is 10.2. The Bertz CT molecular complexity index is 523. The molecule has 1 aromatic carbocycles. The minimum absolute atomic E-state index is 0.139. The number of halogens is 1. The number of nitrogens with zero attached hydrogens (tertiary/aromatic N) is 1. The van der Waals surface area contributed by atoms with Gasteiger partial charge in [0.25, 0.3) is 5.69 Å². The van der Waals surface area contributed by atoms with Crippen molar-refractivity contribution in [3.63, 3.8) is 0 Å². The zero-order valence-electron chi connectivity index (χ0n) is 6.73. The van der Waals surface area contributed by atoms with Gasteiger partial charge in [-0.2, -0.15) is 0 Å². The van der Waals surface area contributed by atoms with Gasteiger partial charge < -0.3 is 0 Å². The standard InChI is InChI=1S/C8H4INO2S2/c9-7-2-4-1-5(13)3-6(10(11)12)8(4)14-7/h1-3,13H. The molecule has 0 aliphatic rings. The number of nitro benzene ring substituents is 1. The number of benzene rings is 1. The first-order valence-electron chi connectivity index (χ1n) is 3.64. The molecule has 0 unspecified atom stereocenters. The number of nitro groups is 1. The number of hydrogen-bond donors (Lipinski definition) is 1. The van der Waals surface area contributed by atoms with Crippen LogP contribution in [-0.4, -0.2) is 4.92 Å². The molecule has 0 atom stereocenters. The number of rotatable bonds is 1. The Morgan fingerprint density at radius 1 is 1.43 bits per heavy atom. The van der Waals surface area contributed by atoms with Crippen LogP contribution in [0.15, 0.2) is 23.1 Å². The van der Waals surface area contributed by atoms with Gasteiger partial charge in [0.05, 0.1) is 7.81 Å². The molecule has 1 heterocycles. The molecule has 0 spiro atoms. The zero-order valence-corrected chi connectivity index (χ0v) is 10.6. The molecule has 0 aliphatic heterocycles. The highest BCUT2D eigenvalue weighted by Crippen LogP contribution is 2.35. The van der Waals surface area contributed by atoms with Crippen LogP contribution in [0.3, 0.4) is 0 Å². The third kappa shape index (κ3) is 1.73. The van der Waals surface area contributed by atoms with E-state index in [1.54, 1.807) is 0 Å². The van der Waals surface area contributed by atoms with Crippen LogP contribution in [-0.2, 0) is 0 Å². The van der Waals surface area contributed by atoms with Crippen LogP contribution in [0.5, 0.6) is 0 Å². The average molecular weight is 337 g/mol. The molecule has 0 N–H and O–H groups in total. The molecule has 0 aliphatic carbocycles. The average Bonchev–Trinajstić information content (AvgIpc) is 2.42. The van der Waals surface area contributed by atoms with Gasteiger partial charge >= 0.3 is 0 Å². The minimum Gasteiger partial charge on any atom is -0.258 e. The summed E-state index contributed by atoms with van der Waals surface area (Å²) in [5.41, 5.74) is 0.139. The molecule has 3 nitrogen and oxygen atoms in total. The van der Waals surface area contributed by atoms with E-state index in [9.17, 15) is 10.1 Å². The number of thiol groups is 1. The molecule has 0 fully saturated rings. The third-order valence-corrected chi connectivity index (χ3v) is 3.94. The lowest BCUT2D eigenvalue weighted by molar-refractivity contribution is -0.383. The van der Waals surface area contributed by atoms with Gasteiger partial charge in [0.15, 0.2) is 0 Å². The lowest BCUT2D eigenvalue weighted by atomic mass is 10.2. The van der Waals surface area contributed by atoms with E-state index >= 15 is 0 Å². The van der Waals surface area contributed by atoms with E-state index in [4.69, 9.17) is 0 Å². The summed E-state index contributed by atoms with van der Waals surface area (Å²) < 4.78 is 1.76.